The Bertz CT molecular complexity index is 1080. The first-order chi connectivity index (χ1) is 15.9. The Morgan fingerprint density at radius 2 is 1.79 bits per heavy atom. The van der Waals surface area contributed by atoms with Crippen molar-refractivity contribution in [3.63, 3.8) is 0 Å². The number of aliphatic hydroxyl groups is 1. The second kappa shape index (κ2) is 9.58. The second-order valence-electron chi connectivity index (χ2n) is 9.37. The number of rotatable bonds is 8. The fourth-order valence-electron chi connectivity index (χ4n) is 5.56. The lowest BCUT2D eigenvalue weighted by Gasteiger charge is -2.27. The molecule has 1 heterocycles. The van der Waals surface area contributed by atoms with E-state index in [0.29, 0.717) is 11.3 Å². The molecule has 1 saturated carbocycles. The van der Waals surface area contributed by atoms with Crippen molar-refractivity contribution in [2.24, 2.45) is 10.9 Å². The highest BCUT2D eigenvalue weighted by Crippen LogP contribution is 2.45. The summed E-state index contributed by atoms with van der Waals surface area (Å²) in [7, 11) is 0. The highest BCUT2D eigenvalue weighted by Gasteiger charge is 2.40. The molecule has 33 heavy (non-hydrogen) atoms. The van der Waals surface area contributed by atoms with Gasteiger partial charge >= 0.3 is 0 Å². The minimum Gasteiger partial charge on any atom is -0.507 e. The minimum absolute atomic E-state index is 0.0245. The molecule has 1 fully saturated rings. The van der Waals surface area contributed by atoms with Crippen molar-refractivity contribution in [3.8, 4) is 5.75 Å². The van der Waals surface area contributed by atoms with E-state index in [1.54, 1.807) is 12.1 Å². The van der Waals surface area contributed by atoms with Gasteiger partial charge in [-0.25, -0.2) is 0 Å². The largest absolute Gasteiger partial charge is 0.507 e. The normalized spacial score (nSPS) is 21.2. The van der Waals surface area contributed by atoms with Gasteiger partial charge in [-0.3, -0.25) is 9.79 Å². The van der Waals surface area contributed by atoms with E-state index in [2.05, 4.69) is 23.7 Å². The van der Waals surface area contributed by atoms with Crippen LogP contribution in [0.2, 0.25) is 0 Å². The molecular weight excluding hydrogens is 412 g/mol. The number of hydrogen-bond acceptors (Lipinski definition) is 5. The summed E-state index contributed by atoms with van der Waals surface area (Å²) < 4.78 is 0. The zero-order chi connectivity index (χ0) is 23.7. The van der Waals surface area contributed by atoms with Crippen LogP contribution in [0.1, 0.15) is 78.2 Å². The number of nitrogens with zero attached hydrogens (tertiary/aromatic N) is 2. The van der Waals surface area contributed by atoms with Crippen LogP contribution < -0.4 is 4.90 Å². The van der Waals surface area contributed by atoms with E-state index in [-0.39, 0.29) is 28.4 Å². The quantitative estimate of drug-likeness (QED) is 0.446. The van der Waals surface area contributed by atoms with Crippen LogP contribution in [0, 0.1) is 5.92 Å². The lowest BCUT2D eigenvalue weighted by atomic mass is 9.81. The molecule has 4 rings (SSSR count). The summed E-state index contributed by atoms with van der Waals surface area (Å²) in [6.45, 7) is 10.0. The summed E-state index contributed by atoms with van der Waals surface area (Å²) in [6, 6.07) is 5.41. The summed E-state index contributed by atoms with van der Waals surface area (Å²) >= 11 is 0. The predicted octanol–water partition coefficient (Wildman–Crippen LogP) is 6.50. The third-order valence-electron chi connectivity index (χ3n) is 7.54. The molecule has 1 aromatic rings. The van der Waals surface area contributed by atoms with Crippen molar-refractivity contribution >= 4 is 22.8 Å². The molecular formula is C28H36N2O3. The maximum absolute atomic E-state index is 13.1. The number of hydrogen-bond donors (Lipinski definition) is 2. The minimum atomic E-state index is -0.255. The van der Waals surface area contributed by atoms with Crippen molar-refractivity contribution in [3.05, 3.63) is 51.9 Å². The SMILES string of the molecule is CCC1=N/C(=C2/C(=O)C(c3ccc(N(CC)CCC4CCCC4)cc3O)=C2O)C(C)=C1CC. The third kappa shape index (κ3) is 4.14. The number of Topliss-reactive ketones (excluding diaryl/α,β-unsaturated/α-hetero) is 1. The maximum atomic E-state index is 13.1. The number of aromatic hydroxyl groups is 1. The standard InChI is InChI=1S/C28H36N2O3/c1-5-20-17(4)26(29-22(20)6-2)25-27(32)24(28(25)33)21-13-12-19(16-23(21)31)30(7-3)15-14-18-10-8-9-11-18/h12-13,16,18,31-32H,5-11,14-15H2,1-4H3/b26-25+. The number of aliphatic hydroxyl groups excluding tert-OH is 1. The van der Waals surface area contributed by atoms with Gasteiger partial charge in [0.25, 0.3) is 0 Å². The fraction of sp³-hybridized carbons (Fsp3) is 0.500. The summed E-state index contributed by atoms with van der Waals surface area (Å²) in [6.07, 6.45) is 8.15. The van der Waals surface area contributed by atoms with Crippen LogP contribution >= 0.6 is 0 Å². The monoisotopic (exact) mass is 448 g/mol. The zero-order valence-corrected chi connectivity index (χ0v) is 20.4. The average Bonchev–Trinajstić information content (AvgIpc) is 3.44. The number of carbonyl (C=O) groups excluding carboxylic acids is 1. The van der Waals surface area contributed by atoms with E-state index in [0.717, 1.165) is 54.4 Å². The van der Waals surface area contributed by atoms with Crippen molar-refractivity contribution in [2.75, 3.05) is 18.0 Å². The molecule has 0 bridgehead atoms. The zero-order valence-electron chi connectivity index (χ0n) is 20.4. The molecule has 0 unspecified atom stereocenters. The molecule has 5 nitrogen and oxygen atoms in total. The first-order valence-electron chi connectivity index (χ1n) is 12.5. The van der Waals surface area contributed by atoms with E-state index in [1.165, 1.54) is 32.1 Å². The highest BCUT2D eigenvalue weighted by molar-refractivity contribution is 6.40. The van der Waals surface area contributed by atoms with E-state index in [1.807, 2.05) is 19.9 Å². The van der Waals surface area contributed by atoms with Crippen molar-refractivity contribution in [1.29, 1.82) is 0 Å². The number of ketones is 1. The summed E-state index contributed by atoms with van der Waals surface area (Å²) in [5.41, 5.74) is 5.45. The van der Waals surface area contributed by atoms with Gasteiger partial charge in [0, 0.05) is 36.1 Å². The molecule has 0 aromatic heterocycles. The lowest BCUT2D eigenvalue weighted by Crippen LogP contribution is -2.26. The molecule has 5 heteroatoms. The molecule has 3 aliphatic rings. The molecule has 2 aliphatic carbocycles. The van der Waals surface area contributed by atoms with E-state index in [4.69, 9.17) is 0 Å². The van der Waals surface area contributed by atoms with Crippen LogP contribution in [0.3, 0.4) is 0 Å². The molecule has 176 valence electrons. The van der Waals surface area contributed by atoms with Crippen LogP contribution in [-0.2, 0) is 4.79 Å². The van der Waals surface area contributed by atoms with Gasteiger partial charge in [0.2, 0.25) is 5.78 Å². The Morgan fingerprint density at radius 3 is 2.33 bits per heavy atom. The first-order valence-corrected chi connectivity index (χ1v) is 12.5. The van der Waals surface area contributed by atoms with E-state index >= 15 is 0 Å². The molecule has 1 aromatic carbocycles. The van der Waals surface area contributed by atoms with Crippen LogP contribution in [0.5, 0.6) is 5.75 Å². The predicted molar refractivity (Wildman–Crippen MR) is 135 cm³/mol. The van der Waals surface area contributed by atoms with E-state index < -0.39 is 0 Å². The van der Waals surface area contributed by atoms with Gasteiger partial charge < -0.3 is 15.1 Å². The molecule has 0 saturated heterocycles. The Balaban J connectivity index is 1.60. The van der Waals surface area contributed by atoms with Crippen LogP contribution in [0.25, 0.3) is 5.57 Å². The number of benzene rings is 1. The van der Waals surface area contributed by atoms with Gasteiger partial charge in [-0.15, -0.1) is 0 Å². The van der Waals surface area contributed by atoms with Crippen LogP contribution in [0.4, 0.5) is 5.69 Å². The molecule has 0 atom stereocenters. The summed E-state index contributed by atoms with van der Waals surface area (Å²) in [5, 5.41) is 21.6. The van der Waals surface area contributed by atoms with Gasteiger partial charge in [-0.2, -0.15) is 0 Å². The number of phenols is 1. The van der Waals surface area contributed by atoms with Crippen molar-refractivity contribution in [2.45, 2.75) is 72.6 Å². The van der Waals surface area contributed by atoms with Crippen LogP contribution in [-0.4, -0.2) is 34.8 Å². The van der Waals surface area contributed by atoms with Crippen molar-refractivity contribution < 1.29 is 15.0 Å². The van der Waals surface area contributed by atoms with Crippen molar-refractivity contribution in [1.82, 2.24) is 0 Å². The first kappa shape index (κ1) is 23.3. The summed E-state index contributed by atoms with van der Waals surface area (Å²) in [5.74, 6) is 0.513. The van der Waals surface area contributed by atoms with Gasteiger partial charge in [-0.1, -0.05) is 39.5 Å². The molecule has 0 radical (unpaired) electrons. The number of anilines is 1. The van der Waals surface area contributed by atoms with Gasteiger partial charge in [0.15, 0.2) is 0 Å². The topological polar surface area (TPSA) is 73.1 Å². The average molecular weight is 449 g/mol. The number of phenolic OH excluding ortho intramolecular Hbond substituents is 1. The lowest BCUT2D eigenvalue weighted by molar-refractivity contribution is -0.111. The highest BCUT2D eigenvalue weighted by atomic mass is 16.3. The maximum Gasteiger partial charge on any atom is 0.203 e. The fourth-order valence-corrected chi connectivity index (χ4v) is 5.56. The number of carbonyl (C=O) groups is 1. The molecule has 2 N–H and O–H groups in total. The molecule has 1 aliphatic heterocycles. The number of allylic oxidation sites excluding steroid dienone is 4. The summed E-state index contributed by atoms with van der Waals surface area (Å²) in [4.78, 5) is 20.0. The Kier molecular flexibility index (Phi) is 6.78. The number of aliphatic imine (C=N–C) groups is 1. The second-order valence-corrected chi connectivity index (χ2v) is 9.37. The smallest absolute Gasteiger partial charge is 0.203 e. The van der Waals surface area contributed by atoms with Gasteiger partial charge in [0.1, 0.15) is 11.5 Å². The third-order valence-corrected chi connectivity index (χ3v) is 7.54. The van der Waals surface area contributed by atoms with Gasteiger partial charge in [-0.05, 0) is 62.3 Å². The van der Waals surface area contributed by atoms with Crippen LogP contribution in [0.15, 0.2) is 51.4 Å². The van der Waals surface area contributed by atoms with Gasteiger partial charge in [0.05, 0.1) is 16.8 Å². The molecule has 0 spiro atoms. The Labute approximate surface area is 197 Å². The molecule has 0 amide bonds. The van der Waals surface area contributed by atoms with E-state index in [9.17, 15) is 15.0 Å². The Hall–Kier alpha value is -2.82. The Morgan fingerprint density at radius 1 is 1.06 bits per heavy atom.